The van der Waals surface area contributed by atoms with Crippen molar-refractivity contribution in [2.75, 3.05) is 22.5 Å². The lowest BCUT2D eigenvalue weighted by Crippen LogP contribution is -2.20. The van der Waals surface area contributed by atoms with Crippen molar-refractivity contribution in [2.24, 2.45) is 0 Å². The summed E-state index contributed by atoms with van der Waals surface area (Å²) in [5.41, 5.74) is 1.34. The maximum Gasteiger partial charge on any atom is 0.421 e. The zero-order valence-corrected chi connectivity index (χ0v) is 15.4. The predicted octanol–water partition coefficient (Wildman–Crippen LogP) is 4.84. The number of nitrogens with one attached hydrogen (secondary N) is 3. The normalized spacial score (nSPS) is 14.5. The third kappa shape index (κ3) is 4.63. The summed E-state index contributed by atoms with van der Waals surface area (Å²) in [7, 11) is 0. The van der Waals surface area contributed by atoms with Crippen LogP contribution in [0.4, 0.5) is 36.3 Å². The standard InChI is InChI=1S/C19H21F3N6/c1-12-15(24-10-9-23)7-4-8-16(12)27-18-25-11-14(19(20,21)22)17(28-18)26-13-5-2-3-6-13/h4,7-8,11,13,24H,2-3,5-6,10H2,1H3,(H2,25,26,27,28). The lowest BCUT2D eigenvalue weighted by Gasteiger charge is -2.19. The van der Waals surface area contributed by atoms with Crippen molar-refractivity contribution >= 4 is 23.1 Å². The largest absolute Gasteiger partial charge is 0.421 e. The van der Waals surface area contributed by atoms with Crippen molar-refractivity contribution in [3.63, 3.8) is 0 Å². The fourth-order valence-corrected chi connectivity index (χ4v) is 3.24. The van der Waals surface area contributed by atoms with E-state index in [1.165, 1.54) is 0 Å². The van der Waals surface area contributed by atoms with Gasteiger partial charge in [0.2, 0.25) is 5.95 Å². The molecule has 6 nitrogen and oxygen atoms in total. The van der Waals surface area contributed by atoms with Gasteiger partial charge in [-0.25, -0.2) is 4.98 Å². The third-order valence-electron chi connectivity index (χ3n) is 4.73. The molecule has 0 aliphatic heterocycles. The molecule has 0 unspecified atom stereocenters. The van der Waals surface area contributed by atoms with Gasteiger partial charge in [-0.3, -0.25) is 0 Å². The van der Waals surface area contributed by atoms with Crippen molar-refractivity contribution in [3.8, 4) is 6.07 Å². The van der Waals surface area contributed by atoms with Crippen LogP contribution in [0.3, 0.4) is 0 Å². The van der Waals surface area contributed by atoms with Gasteiger partial charge in [-0.2, -0.15) is 23.4 Å². The molecule has 28 heavy (non-hydrogen) atoms. The van der Waals surface area contributed by atoms with Gasteiger partial charge in [-0.15, -0.1) is 0 Å². The Morgan fingerprint density at radius 1 is 1.21 bits per heavy atom. The summed E-state index contributed by atoms with van der Waals surface area (Å²) in [6.45, 7) is 1.99. The monoisotopic (exact) mass is 390 g/mol. The van der Waals surface area contributed by atoms with Crippen LogP contribution in [0.15, 0.2) is 24.4 Å². The number of halogens is 3. The Balaban J connectivity index is 1.87. The molecule has 1 aliphatic carbocycles. The number of benzene rings is 1. The van der Waals surface area contributed by atoms with Crippen LogP contribution in [0.2, 0.25) is 0 Å². The molecule has 3 rings (SSSR count). The van der Waals surface area contributed by atoms with Crippen LogP contribution in [0.1, 0.15) is 36.8 Å². The number of alkyl halides is 3. The van der Waals surface area contributed by atoms with Gasteiger partial charge in [-0.1, -0.05) is 18.9 Å². The molecular weight excluding hydrogens is 369 g/mol. The van der Waals surface area contributed by atoms with Gasteiger partial charge in [0, 0.05) is 23.6 Å². The summed E-state index contributed by atoms with van der Waals surface area (Å²) in [6.07, 6.45) is -0.0738. The number of aromatic nitrogens is 2. The molecule has 0 saturated heterocycles. The number of nitriles is 1. The molecule has 148 valence electrons. The molecule has 0 atom stereocenters. The topological polar surface area (TPSA) is 85.7 Å². The van der Waals surface area contributed by atoms with Crippen LogP contribution >= 0.6 is 0 Å². The fraction of sp³-hybridized carbons (Fsp3) is 0.421. The smallest absolute Gasteiger partial charge is 0.372 e. The minimum absolute atomic E-state index is 0.0101. The molecule has 0 bridgehead atoms. The van der Waals surface area contributed by atoms with Gasteiger partial charge in [0.1, 0.15) is 17.9 Å². The summed E-state index contributed by atoms with van der Waals surface area (Å²) < 4.78 is 40.0. The Kier molecular flexibility index (Phi) is 5.87. The summed E-state index contributed by atoms with van der Waals surface area (Å²) in [5, 5.41) is 17.6. The highest BCUT2D eigenvalue weighted by Crippen LogP contribution is 2.36. The summed E-state index contributed by atoms with van der Waals surface area (Å²) >= 11 is 0. The zero-order chi connectivity index (χ0) is 20.1. The molecular formula is C19H21F3N6. The van der Waals surface area contributed by atoms with Crippen LogP contribution in [0, 0.1) is 18.3 Å². The molecule has 9 heteroatoms. The Morgan fingerprint density at radius 3 is 2.61 bits per heavy atom. The van der Waals surface area contributed by atoms with Crippen LogP contribution in [0.5, 0.6) is 0 Å². The van der Waals surface area contributed by atoms with E-state index in [1.54, 1.807) is 12.1 Å². The molecule has 1 heterocycles. The Morgan fingerprint density at radius 2 is 1.93 bits per heavy atom. The Bertz CT molecular complexity index is 869. The highest BCUT2D eigenvalue weighted by atomic mass is 19.4. The quantitative estimate of drug-likeness (QED) is 0.612. The fourth-order valence-electron chi connectivity index (χ4n) is 3.24. The highest BCUT2D eigenvalue weighted by molar-refractivity contribution is 5.69. The number of rotatable bonds is 6. The SMILES string of the molecule is Cc1c(NCC#N)cccc1Nc1ncc(C(F)(F)F)c(NC2CCCC2)n1. The molecule has 1 aliphatic rings. The van der Waals surface area contributed by atoms with E-state index < -0.39 is 11.7 Å². The molecule has 1 saturated carbocycles. The van der Waals surface area contributed by atoms with Crippen LogP contribution in [-0.4, -0.2) is 22.6 Å². The van der Waals surface area contributed by atoms with Crippen molar-refractivity contribution in [2.45, 2.75) is 44.8 Å². The first-order valence-electron chi connectivity index (χ1n) is 9.06. The van der Waals surface area contributed by atoms with Crippen LogP contribution in [-0.2, 0) is 6.18 Å². The van der Waals surface area contributed by atoms with Gasteiger partial charge < -0.3 is 16.0 Å². The summed E-state index contributed by atoms with van der Waals surface area (Å²) in [6, 6.07) is 7.36. The van der Waals surface area contributed by atoms with E-state index in [0.717, 1.165) is 43.1 Å². The van der Waals surface area contributed by atoms with E-state index in [9.17, 15) is 13.2 Å². The Hall–Kier alpha value is -3.02. The van der Waals surface area contributed by atoms with Crippen molar-refractivity contribution < 1.29 is 13.2 Å². The molecule has 2 aromatic rings. The van der Waals surface area contributed by atoms with Crippen LogP contribution in [0.25, 0.3) is 0 Å². The van der Waals surface area contributed by atoms with E-state index in [-0.39, 0.29) is 24.4 Å². The Labute approximate surface area is 161 Å². The minimum atomic E-state index is -4.53. The molecule has 3 N–H and O–H groups in total. The second kappa shape index (κ2) is 8.33. The molecule has 1 aromatic carbocycles. The van der Waals surface area contributed by atoms with Gasteiger partial charge in [0.15, 0.2) is 0 Å². The second-order valence-corrected chi connectivity index (χ2v) is 6.69. The number of hydrogen-bond acceptors (Lipinski definition) is 6. The van der Waals surface area contributed by atoms with Crippen molar-refractivity contribution in [3.05, 3.63) is 35.5 Å². The lowest BCUT2D eigenvalue weighted by molar-refractivity contribution is -0.137. The number of anilines is 4. The maximum absolute atomic E-state index is 13.3. The van der Waals surface area contributed by atoms with E-state index in [2.05, 4.69) is 25.9 Å². The van der Waals surface area contributed by atoms with E-state index in [4.69, 9.17) is 5.26 Å². The average Bonchev–Trinajstić information content (AvgIpc) is 3.15. The van der Waals surface area contributed by atoms with Gasteiger partial charge in [0.25, 0.3) is 0 Å². The summed E-state index contributed by atoms with van der Waals surface area (Å²) in [4.78, 5) is 7.96. The molecule has 1 aromatic heterocycles. The van der Waals surface area contributed by atoms with Gasteiger partial charge in [0.05, 0.1) is 6.07 Å². The average molecular weight is 390 g/mol. The first kappa shape index (κ1) is 19.7. The highest BCUT2D eigenvalue weighted by Gasteiger charge is 2.36. The van der Waals surface area contributed by atoms with Crippen molar-refractivity contribution in [1.29, 1.82) is 5.26 Å². The molecule has 0 spiro atoms. The second-order valence-electron chi connectivity index (χ2n) is 6.69. The first-order chi connectivity index (χ1) is 13.4. The van der Waals surface area contributed by atoms with E-state index >= 15 is 0 Å². The number of nitrogens with zero attached hydrogens (tertiary/aromatic N) is 3. The van der Waals surface area contributed by atoms with E-state index in [0.29, 0.717) is 5.69 Å². The van der Waals surface area contributed by atoms with Crippen LogP contribution < -0.4 is 16.0 Å². The van der Waals surface area contributed by atoms with Gasteiger partial charge >= 0.3 is 6.18 Å². The molecule has 0 amide bonds. The van der Waals surface area contributed by atoms with Crippen molar-refractivity contribution in [1.82, 2.24) is 9.97 Å². The maximum atomic E-state index is 13.3. The minimum Gasteiger partial charge on any atom is -0.372 e. The number of hydrogen-bond donors (Lipinski definition) is 3. The van der Waals surface area contributed by atoms with E-state index in [1.807, 2.05) is 19.1 Å². The van der Waals surface area contributed by atoms with Gasteiger partial charge in [-0.05, 0) is 37.5 Å². The third-order valence-corrected chi connectivity index (χ3v) is 4.73. The zero-order valence-electron chi connectivity index (χ0n) is 15.4. The molecule has 1 fully saturated rings. The summed E-state index contributed by atoms with van der Waals surface area (Å²) in [5.74, 6) is -0.123. The predicted molar refractivity (Wildman–Crippen MR) is 101 cm³/mol. The molecule has 0 radical (unpaired) electrons. The lowest BCUT2D eigenvalue weighted by atomic mass is 10.1. The first-order valence-corrected chi connectivity index (χ1v) is 9.06.